The highest BCUT2D eigenvalue weighted by atomic mass is 28.2. The van der Waals surface area contributed by atoms with Crippen molar-refractivity contribution >= 4 is 16.5 Å². The molecule has 0 rings (SSSR count). The molecule has 0 N–H and O–H groups in total. The van der Waals surface area contributed by atoms with Crippen LogP contribution >= 0.6 is 0 Å². The van der Waals surface area contributed by atoms with Gasteiger partial charge in [0.1, 0.15) is 6.61 Å². The molecule has 4 heteroatoms. The number of hydrogen-bond acceptors (Lipinski definition) is 3. The minimum atomic E-state index is -0.268. The molecule has 0 heterocycles. The second kappa shape index (κ2) is 4.52. The Morgan fingerprint density at radius 1 is 1.67 bits per heavy atom. The van der Waals surface area contributed by atoms with E-state index in [1.807, 2.05) is 13.8 Å². The topological polar surface area (TPSA) is 35.5 Å². The Bertz CT molecular complexity index is 92.2. The molecule has 0 radical (unpaired) electrons. The van der Waals surface area contributed by atoms with Crippen molar-refractivity contribution < 1.29 is 14.0 Å². The van der Waals surface area contributed by atoms with Gasteiger partial charge in [-0.2, -0.15) is 0 Å². The van der Waals surface area contributed by atoms with Gasteiger partial charge in [0.2, 0.25) is 10.5 Å². The zero-order valence-electron chi connectivity index (χ0n) is 6.01. The summed E-state index contributed by atoms with van der Waals surface area (Å²) in [4.78, 5) is 10.4. The maximum absolute atomic E-state index is 10.4. The molecule has 0 saturated heterocycles. The number of carbonyl (C=O) groups is 1. The fourth-order valence-electron chi connectivity index (χ4n) is 0.294. The van der Waals surface area contributed by atoms with Crippen LogP contribution < -0.4 is 0 Å². The fraction of sp³-hybridized carbons (Fsp3) is 0.800. The van der Waals surface area contributed by atoms with Crippen molar-refractivity contribution in [1.82, 2.24) is 0 Å². The molecule has 0 fully saturated rings. The van der Waals surface area contributed by atoms with Crippen LogP contribution in [0.4, 0.5) is 0 Å². The second-order valence-electron chi connectivity index (χ2n) is 1.94. The number of carbonyl (C=O) groups excluding carboxylic acids is 1. The van der Waals surface area contributed by atoms with E-state index in [0.717, 1.165) is 0 Å². The molecule has 0 aliphatic carbocycles. The summed E-state index contributed by atoms with van der Waals surface area (Å²) < 4.78 is 9.42. The predicted octanol–water partition coefficient (Wildman–Crippen LogP) is -0.765. The SMILES string of the molecule is CC(C)OCC(=O)O[SiH3]. The minimum absolute atomic E-state index is 0.0845. The van der Waals surface area contributed by atoms with E-state index in [2.05, 4.69) is 4.43 Å². The van der Waals surface area contributed by atoms with Gasteiger partial charge in [-0.15, -0.1) is 0 Å². The lowest BCUT2D eigenvalue weighted by atomic mass is 10.5. The Labute approximate surface area is 57.9 Å². The summed E-state index contributed by atoms with van der Waals surface area (Å²) in [5.74, 6) is -0.268. The maximum atomic E-state index is 10.4. The van der Waals surface area contributed by atoms with Crippen LogP contribution in [0.25, 0.3) is 0 Å². The molecule has 0 saturated carbocycles. The summed E-state index contributed by atoms with van der Waals surface area (Å²) in [6, 6.07) is 0. The quantitative estimate of drug-likeness (QED) is 0.493. The third kappa shape index (κ3) is 5.52. The molecule has 0 aromatic rings. The van der Waals surface area contributed by atoms with Gasteiger partial charge in [0.25, 0.3) is 0 Å². The van der Waals surface area contributed by atoms with E-state index < -0.39 is 0 Å². The van der Waals surface area contributed by atoms with Crippen molar-refractivity contribution in [2.24, 2.45) is 0 Å². The zero-order chi connectivity index (χ0) is 7.28. The fourth-order valence-corrected chi connectivity index (χ4v) is 0.411. The highest BCUT2D eigenvalue weighted by molar-refractivity contribution is 6.05. The van der Waals surface area contributed by atoms with Gasteiger partial charge in [-0.25, -0.2) is 0 Å². The van der Waals surface area contributed by atoms with Crippen molar-refractivity contribution in [2.45, 2.75) is 20.0 Å². The lowest BCUT2D eigenvalue weighted by Crippen LogP contribution is -2.14. The van der Waals surface area contributed by atoms with Gasteiger partial charge < -0.3 is 9.16 Å². The van der Waals surface area contributed by atoms with E-state index in [0.29, 0.717) is 10.5 Å². The van der Waals surface area contributed by atoms with Crippen LogP contribution in [0, 0.1) is 0 Å². The van der Waals surface area contributed by atoms with Crippen LogP contribution in [0.1, 0.15) is 13.8 Å². The Morgan fingerprint density at radius 3 is 2.56 bits per heavy atom. The molecule has 0 atom stereocenters. The van der Waals surface area contributed by atoms with E-state index in [9.17, 15) is 4.79 Å². The van der Waals surface area contributed by atoms with E-state index >= 15 is 0 Å². The standard InChI is InChI=1S/C5H12O3Si/c1-4(2)7-3-5(6)8-9/h4H,3H2,1-2,9H3. The summed E-state index contributed by atoms with van der Waals surface area (Å²) in [5.41, 5.74) is 0. The van der Waals surface area contributed by atoms with Gasteiger partial charge in [0.05, 0.1) is 6.10 Å². The van der Waals surface area contributed by atoms with Crippen molar-refractivity contribution in [3.63, 3.8) is 0 Å². The average Bonchev–Trinajstić information content (AvgIpc) is 1.83. The highest BCUT2D eigenvalue weighted by Crippen LogP contribution is 1.86. The van der Waals surface area contributed by atoms with Gasteiger partial charge in [-0.1, -0.05) is 0 Å². The predicted molar refractivity (Wildman–Crippen MR) is 37.1 cm³/mol. The van der Waals surface area contributed by atoms with E-state index in [1.54, 1.807) is 0 Å². The molecule has 54 valence electrons. The average molecular weight is 148 g/mol. The van der Waals surface area contributed by atoms with Gasteiger partial charge in [-0.3, -0.25) is 4.79 Å². The molecular weight excluding hydrogens is 136 g/mol. The van der Waals surface area contributed by atoms with Gasteiger partial charge in [0, 0.05) is 0 Å². The van der Waals surface area contributed by atoms with Crippen LogP contribution in [0.3, 0.4) is 0 Å². The van der Waals surface area contributed by atoms with Crippen molar-refractivity contribution in [1.29, 1.82) is 0 Å². The van der Waals surface area contributed by atoms with E-state index in [4.69, 9.17) is 4.74 Å². The molecule has 0 aliphatic heterocycles. The Morgan fingerprint density at radius 2 is 2.22 bits per heavy atom. The molecule has 0 bridgehead atoms. The monoisotopic (exact) mass is 148 g/mol. The number of hydrogen-bond donors (Lipinski definition) is 0. The second-order valence-corrected chi connectivity index (χ2v) is 2.34. The van der Waals surface area contributed by atoms with Gasteiger partial charge in [0.15, 0.2) is 0 Å². The number of rotatable bonds is 3. The lowest BCUT2D eigenvalue weighted by Gasteiger charge is -2.04. The van der Waals surface area contributed by atoms with Crippen molar-refractivity contribution in [2.75, 3.05) is 6.61 Å². The third-order valence-electron chi connectivity index (χ3n) is 0.762. The first kappa shape index (κ1) is 8.65. The summed E-state index contributed by atoms with van der Waals surface area (Å²) in [6.45, 7) is 3.84. The molecule has 3 nitrogen and oxygen atoms in total. The van der Waals surface area contributed by atoms with Crippen LogP contribution in [0.2, 0.25) is 0 Å². The lowest BCUT2D eigenvalue weighted by molar-refractivity contribution is -0.140. The first-order valence-corrected chi connectivity index (χ1v) is 3.67. The summed E-state index contributed by atoms with van der Waals surface area (Å²) in [6.07, 6.45) is 0.103. The number of ether oxygens (including phenoxy) is 1. The molecule has 0 spiro atoms. The van der Waals surface area contributed by atoms with Gasteiger partial charge >= 0.3 is 5.97 Å². The van der Waals surface area contributed by atoms with Crippen molar-refractivity contribution in [3.05, 3.63) is 0 Å². The molecule has 0 aliphatic rings. The molecular formula is C5H12O3Si. The first-order valence-electron chi connectivity index (χ1n) is 2.85. The summed E-state index contributed by atoms with van der Waals surface area (Å²) in [5, 5.41) is 0. The Kier molecular flexibility index (Phi) is 4.34. The van der Waals surface area contributed by atoms with Crippen LogP contribution in [0.5, 0.6) is 0 Å². The summed E-state index contributed by atoms with van der Waals surface area (Å²) >= 11 is 0. The zero-order valence-corrected chi connectivity index (χ0v) is 8.01. The Hall–Kier alpha value is -0.353. The minimum Gasteiger partial charge on any atom is -0.527 e. The normalized spacial score (nSPS) is 10.1. The molecule has 0 unspecified atom stereocenters. The molecule has 0 amide bonds. The molecule has 0 aromatic carbocycles. The first-order chi connectivity index (χ1) is 4.16. The Balaban J connectivity index is 3.17. The third-order valence-corrected chi connectivity index (χ3v) is 1.22. The van der Waals surface area contributed by atoms with Crippen molar-refractivity contribution in [3.8, 4) is 0 Å². The largest absolute Gasteiger partial charge is 0.527 e. The van der Waals surface area contributed by atoms with Gasteiger partial charge in [-0.05, 0) is 13.8 Å². The van der Waals surface area contributed by atoms with Crippen LogP contribution in [0.15, 0.2) is 0 Å². The summed E-state index contributed by atoms with van der Waals surface area (Å²) in [7, 11) is 0.453. The molecule has 9 heavy (non-hydrogen) atoms. The highest BCUT2D eigenvalue weighted by Gasteiger charge is 1.99. The van der Waals surface area contributed by atoms with Crippen LogP contribution in [-0.4, -0.2) is 29.2 Å². The van der Waals surface area contributed by atoms with Crippen LogP contribution in [-0.2, 0) is 14.0 Å². The maximum Gasteiger partial charge on any atom is 0.318 e. The smallest absolute Gasteiger partial charge is 0.318 e. The van der Waals surface area contributed by atoms with E-state index in [-0.39, 0.29) is 18.7 Å². The van der Waals surface area contributed by atoms with E-state index in [1.165, 1.54) is 0 Å². The molecule has 0 aromatic heterocycles.